The average molecular weight is 416 g/mol. The Bertz CT molecular complexity index is 977. The van der Waals surface area contributed by atoms with Crippen LogP contribution in [0, 0.1) is 0 Å². The number of rotatable bonds is 7. The minimum Gasteiger partial charge on any atom is -0.387 e. The summed E-state index contributed by atoms with van der Waals surface area (Å²) in [6, 6.07) is 22.0. The molecule has 0 bridgehead atoms. The van der Waals surface area contributed by atoms with E-state index in [2.05, 4.69) is 10.3 Å². The second kappa shape index (κ2) is 9.86. The minimum atomic E-state index is -0.485. The maximum absolute atomic E-state index is 12.7. The maximum Gasteiger partial charge on any atom is 0.253 e. The highest BCUT2D eigenvalue weighted by atomic mass is 16.3. The third-order valence-corrected chi connectivity index (χ3v) is 5.97. The predicted molar refractivity (Wildman–Crippen MR) is 122 cm³/mol. The molecule has 4 rings (SSSR count). The monoisotopic (exact) mass is 415 g/mol. The van der Waals surface area contributed by atoms with Gasteiger partial charge in [0, 0.05) is 43.6 Å². The van der Waals surface area contributed by atoms with Gasteiger partial charge in [-0.05, 0) is 54.2 Å². The van der Waals surface area contributed by atoms with Gasteiger partial charge in [-0.1, -0.05) is 48.5 Å². The van der Waals surface area contributed by atoms with E-state index in [9.17, 15) is 9.90 Å². The van der Waals surface area contributed by atoms with Gasteiger partial charge in [-0.15, -0.1) is 0 Å². The number of nitrogens with zero attached hydrogens (tertiary/aromatic N) is 2. The third-order valence-electron chi connectivity index (χ3n) is 5.97. The molecule has 1 aliphatic rings. The molecule has 0 spiro atoms. The van der Waals surface area contributed by atoms with Gasteiger partial charge < -0.3 is 15.3 Å². The first-order valence-corrected chi connectivity index (χ1v) is 10.8. The lowest BCUT2D eigenvalue weighted by Crippen LogP contribution is -2.35. The lowest BCUT2D eigenvalue weighted by Gasteiger charge is -2.20. The van der Waals surface area contributed by atoms with E-state index in [4.69, 9.17) is 0 Å². The zero-order valence-corrected chi connectivity index (χ0v) is 17.8. The van der Waals surface area contributed by atoms with Crippen molar-refractivity contribution in [1.82, 2.24) is 15.2 Å². The fourth-order valence-corrected chi connectivity index (χ4v) is 4.27. The Balaban J connectivity index is 1.31. The van der Waals surface area contributed by atoms with Gasteiger partial charge >= 0.3 is 0 Å². The fourth-order valence-electron chi connectivity index (χ4n) is 4.27. The van der Waals surface area contributed by atoms with E-state index in [1.165, 1.54) is 5.56 Å². The Morgan fingerprint density at radius 3 is 2.55 bits per heavy atom. The topological polar surface area (TPSA) is 65.5 Å². The molecule has 3 atom stereocenters. The molecular formula is C26H29N3O2. The van der Waals surface area contributed by atoms with Gasteiger partial charge in [-0.2, -0.15) is 0 Å². The lowest BCUT2D eigenvalue weighted by molar-refractivity contribution is 0.0785. The number of benzene rings is 2. The summed E-state index contributed by atoms with van der Waals surface area (Å²) in [6.07, 6.45) is 5.90. The SMILES string of the molecule is CN(Cc1cccnc1)C(=O)c1ccc(CC2CCC(C(O)c3ccccc3)N2)cc1. The van der Waals surface area contributed by atoms with Crippen LogP contribution in [0.25, 0.3) is 0 Å². The number of aliphatic hydroxyl groups excluding tert-OH is 1. The van der Waals surface area contributed by atoms with E-state index in [1.54, 1.807) is 17.3 Å². The molecule has 1 fully saturated rings. The van der Waals surface area contributed by atoms with E-state index < -0.39 is 6.10 Å². The van der Waals surface area contributed by atoms with Gasteiger partial charge in [0.2, 0.25) is 0 Å². The summed E-state index contributed by atoms with van der Waals surface area (Å²) >= 11 is 0. The van der Waals surface area contributed by atoms with Crippen LogP contribution in [0.1, 0.15) is 46.0 Å². The second-order valence-corrected chi connectivity index (χ2v) is 8.33. The van der Waals surface area contributed by atoms with Crippen molar-refractivity contribution < 1.29 is 9.90 Å². The zero-order chi connectivity index (χ0) is 21.6. The number of hydrogen-bond donors (Lipinski definition) is 2. The molecule has 0 radical (unpaired) electrons. The van der Waals surface area contributed by atoms with Crippen molar-refractivity contribution in [3.05, 3.63) is 101 Å². The van der Waals surface area contributed by atoms with Crippen LogP contribution >= 0.6 is 0 Å². The van der Waals surface area contributed by atoms with Crippen LogP contribution in [0.3, 0.4) is 0 Å². The first-order valence-electron chi connectivity index (χ1n) is 10.8. The lowest BCUT2D eigenvalue weighted by atomic mass is 10.0. The number of carbonyl (C=O) groups is 1. The van der Waals surface area contributed by atoms with Crippen LogP contribution in [0.2, 0.25) is 0 Å². The molecule has 1 saturated heterocycles. The van der Waals surface area contributed by atoms with Gasteiger partial charge in [0.15, 0.2) is 0 Å². The summed E-state index contributed by atoms with van der Waals surface area (Å²) in [7, 11) is 1.81. The summed E-state index contributed by atoms with van der Waals surface area (Å²) in [5.74, 6) is 0.000409. The van der Waals surface area contributed by atoms with E-state index >= 15 is 0 Å². The highest BCUT2D eigenvalue weighted by Gasteiger charge is 2.29. The van der Waals surface area contributed by atoms with Gasteiger partial charge in [0.05, 0.1) is 6.10 Å². The van der Waals surface area contributed by atoms with E-state index in [-0.39, 0.29) is 11.9 Å². The van der Waals surface area contributed by atoms with Crippen LogP contribution in [-0.4, -0.2) is 40.0 Å². The third kappa shape index (κ3) is 5.37. The average Bonchev–Trinajstić information content (AvgIpc) is 3.28. The molecule has 2 N–H and O–H groups in total. The molecule has 0 saturated carbocycles. The summed E-state index contributed by atoms with van der Waals surface area (Å²) in [5.41, 5.74) is 3.85. The predicted octanol–water partition coefficient (Wildman–Crippen LogP) is 3.75. The Morgan fingerprint density at radius 2 is 1.84 bits per heavy atom. The zero-order valence-electron chi connectivity index (χ0n) is 17.8. The number of aliphatic hydroxyl groups is 1. The molecule has 2 aromatic carbocycles. The molecule has 160 valence electrons. The Morgan fingerprint density at radius 1 is 1.06 bits per heavy atom. The number of amides is 1. The Labute approximate surface area is 183 Å². The van der Waals surface area contributed by atoms with Crippen molar-refractivity contribution in [2.75, 3.05) is 7.05 Å². The quantitative estimate of drug-likeness (QED) is 0.617. The van der Waals surface area contributed by atoms with Crippen LogP contribution in [0.15, 0.2) is 79.1 Å². The summed E-state index contributed by atoms with van der Waals surface area (Å²) in [5, 5.41) is 14.2. The van der Waals surface area contributed by atoms with E-state index in [0.29, 0.717) is 18.2 Å². The van der Waals surface area contributed by atoms with Crippen molar-refractivity contribution in [1.29, 1.82) is 0 Å². The van der Waals surface area contributed by atoms with Gasteiger partial charge in [0.25, 0.3) is 5.91 Å². The van der Waals surface area contributed by atoms with Crippen molar-refractivity contribution in [2.24, 2.45) is 0 Å². The van der Waals surface area contributed by atoms with Crippen LogP contribution < -0.4 is 5.32 Å². The van der Waals surface area contributed by atoms with E-state index in [1.807, 2.05) is 73.8 Å². The summed E-state index contributed by atoms with van der Waals surface area (Å²) in [6.45, 7) is 0.533. The molecule has 1 aliphatic heterocycles. The summed E-state index contributed by atoms with van der Waals surface area (Å²) < 4.78 is 0. The highest BCUT2D eigenvalue weighted by Crippen LogP contribution is 2.26. The standard InChI is InChI=1S/C26H29N3O2/c1-29(18-20-6-5-15-27-17-20)26(31)22-11-9-19(10-12-22)16-23-13-14-24(28-23)25(30)21-7-3-2-4-8-21/h2-12,15,17,23-25,28,30H,13-14,16,18H2,1H3. The van der Waals surface area contributed by atoms with Crippen molar-refractivity contribution in [2.45, 2.75) is 44.0 Å². The molecule has 31 heavy (non-hydrogen) atoms. The molecule has 1 aromatic heterocycles. The largest absolute Gasteiger partial charge is 0.387 e. The molecular weight excluding hydrogens is 386 g/mol. The van der Waals surface area contributed by atoms with Gasteiger partial charge in [0.1, 0.15) is 0 Å². The van der Waals surface area contributed by atoms with Crippen molar-refractivity contribution in [3.63, 3.8) is 0 Å². The first kappa shape index (κ1) is 21.2. The molecule has 5 heteroatoms. The molecule has 5 nitrogen and oxygen atoms in total. The molecule has 0 aliphatic carbocycles. The van der Waals surface area contributed by atoms with Crippen LogP contribution in [0.5, 0.6) is 0 Å². The smallest absolute Gasteiger partial charge is 0.253 e. The normalized spacial score (nSPS) is 19.2. The number of pyridine rings is 1. The highest BCUT2D eigenvalue weighted by molar-refractivity contribution is 5.94. The molecule has 1 amide bonds. The van der Waals surface area contributed by atoms with E-state index in [0.717, 1.165) is 30.4 Å². The number of aromatic nitrogens is 1. The van der Waals surface area contributed by atoms with Gasteiger partial charge in [-0.3, -0.25) is 9.78 Å². The number of hydrogen-bond acceptors (Lipinski definition) is 4. The molecule has 2 heterocycles. The van der Waals surface area contributed by atoms with Crippen molar-refractivity contribution in [3.8, 4) is 0 Å². The van der Waals surface area contributed by atoms with Gasteiger partial charge in [-0.25, -0.2) is 0 Å². The fraction of sp³-hybridized carbons (Fsp3) is 0.308. The second-order valence-electron chi connectivity index (χ2n) is 8.33. The number of carbonyl (C=O) groups excluding carboxylic acids is 1. The number of nitrogens with one attached hydrogen (secondary N) is 1. The summed E-state index contributed by atoms with van der Waals surface area (Å²) in [4.78, 5) is 18.5. The van der Waals surface area contributed by atoms with Crippen molar-refractivity contribution >= 4 is 5.91 Å². The Hall–Kier alpha value is -3.02. The maximum atomic E-state index is 12.7. The van der Waals surface area contributed by atoms with Crippen LogP contribution in [-0.2, 0) is 13.0 Å². The minimum absolute atomic E-state index is 0.000409. The first-order chi connectivity index (χ1) is 15.1. The Kier molecular flexibility index (Phi) is 6.75. The van der Waals surface area contributed by atoms with Crippen LogP contribution in [0.4, 0.5) is 0 Å². The molecule has 3 aromatic rings. The molecule has 3 unspecified atom stereocenters.